The summed E-state index contributed by atoms with van der Waals surface area (Å²) in [6, 6.07) is 16.0. The van der Waals surface area contributed by atoms with Crippen LogP contribution in [0.3, 0.4) is 0 Å². The molecule has 0 saturated heterocycles. The molecule has 2 heterocycles. The summed E-state index contributed by atoms with van der Waals surface area (Å²) in [5.41, 5.74) is 3.93. The molecule has 1 aromatic heterocycles. The molecule has 26 heavy (non-hydrogen) atoms. The van der Waals surface area contributed by atoms with E-state index in [1.54, 1.807) is 0 Å². The largest absolute Gasteiger partial charge is 0.486 e. The van der Waals surface area contributed by atoms with Gasteiger partial charge in [-0.3, -0.25) is 4.79 Å². The van der Waals surface area contributed by atoms with Gasteiger partial charge in [0.25, 0.3) is 5.91 Å². The van der Waals surface area contributed by atoms with Crippen molar-refractivity contribution in [3.8, 4) is 5.75 Å². The first-order chi connectivity index (χ1) is 12.7. The zero-order valence-electron chi connectivity index (χ0n) is 14.6. The standard InChI is InChI=1S/C21H20N2O2S/c1-15-8-10-17(11-9-15)25-13-20-22-18(14-26-20)21(24)23-12-4-6-16-5-2-3-7-19(16)23/h2-3,5,7-11,14H,4,6,12-13H2,1H3. The molecule has 0 saturated carbocycles. The van der Waals surface area contributed by atoms with Gasteiger partial charge in [-0.2, -0.15) is 0 Å². The number of aromatic nitrogens is 1. The van der Waals surface area contributed by atoms with E-state index in [0.717, 1.165) is 35.8 Å². The first-order valence-corrected chi connectivity index (χ1v) is 9.62. The van der Waals surface area contributed by atoms with Crippen molar-refractivity contribution in [1.82, 2.24) is 4.98 Å². The number of amides is 1. The fourth-order valence-corrected chi connectivity index (χ4v) is 3.82. The zero-order valence-corrected chi connectivity index (χ0v) is 15.5. The third-order valence-corrected chi connectivity index (χ3v) is 5.33. The molecule has 4 rings (SSSR count). The molecule has 4 nitrogen and oxygen atoms in total. The van der Waals surface area contributed by atoms with Crippen LogP contribution in [-0.2, 0) is 13.0 Å². The van der Waals surface area contributed by atoms with Crippen molar-refractivity contribution in [2.24, 2.45) is 0 Å². The van der Waals surface area contributed by atoms with Crippen molar-refractivity contribution in [2.75, 3.05) is 11.4 Å². The zero-order chi connectivity index (χ0) is 17.9. The van der Waals surface area contributed by atoms with Crippen molar-refractivity contribution in [1.29, 1.82) is 0 Å². The second-order valence-corrected chi connectivity index (χ2v) is 7.36. The minimum absolute atomic E-state index is 0.0324. The third kappa shape index (κ3) is 3.48. The molecular weight excluding hydrogens is 344 g/mol. The van der Waals surface area contributed by atoms with Crippen LogP contribution in [0.15, 0.2) is 53.9 Å². The van der Waals surface area contributed by atoms with Gasteiger partial charge >= 0.3 is 0 Å². The fourth-order valence-electron chi connectivity index (χ4n) is 3.14. The number of carbonyl (C=O) groups excluding carboxylic acids is 1. The first-order valence-electron chi connectivity index (χ1n) is 8.74. The minimum atomic E-state index is -0.0324. The normalized spacial score (nSPS) is 13.3. The molecule has 0 spiro atoms. The molecule has 0 aliphatic carbocycles. The molecule has 0 atom stereocenters. The van der Waals surface area contributed by atoms with Gasteiger partial charge < -0.3 is 9.64 Å². The van der Waals surface area contributed by atoms with Crippen molar-refractivity contribution in [3.63, 3.8) is 0 Å². The van der Waals surface area contributed by atoms with Gasteiger partial charge in [-0.15, -0.1) is 11.3 Å². The van der Waals surface area contributed by atoms with Gasteiger partial charge in [0.1, 0.15) is 23.1 Å². The van der Waals surface area contributed by atoms with Gasteiger partial charge in [0, 0.05) is 17.6 Å². The lowest BCUT2D eigenvalue weighted by atomic mass is 10.0. The SMILES string of the molecule is Cc1ccc(OCc2nc(C(=O)N3CCCc4ccccc43)cs2)cc1. The second-order valence-electron chi connectivity index (χ2n) is 6.42. The van der Waals surface area contributed by atoms with Crippen LogP contribution in [0, 0.1) is 6.92 Å². The summed E-state index contributed by atoms with van der Waals surface area (Å²) in [5.74, 6) is 0.777. The lowest BCUT2D eigenvalue weighted by Gasteiger charge is -2.28. The molecule has 0 fully saturated rings. The highest BCUT2D eigenvalue weighted by Crippen LogP contribution is 2.28. The molecule has 0 radical (unpaired) electrons. The number of fused-ring (bicyclic) bond motifs is 1. The van der Waals surface area contributed by atoms with E-state index in [-0.39, 0.29) is 5.91 Å². The number of rotatable bonds is 4. The van der Waals surface area contributed by atoms with Crippen LogP contribution in [0.4, 0.5) is 5.69 Å². The van der Waals surface area contributed by atoms with Crippen molar-refractivity contribution < 1.29 is 9.53 Å². The smallest absolute Gasteiger partial charge is 0.277 e. The quantitative estimate of drug-likeness (QED) is 0.678. The summed E-state index contributed by atoms with van der Waals surface area (Å²) in [4.78, 5) is 19.3. The number of ether oxygens (including phenoxy) is 1. The van der Waals surface area contributed by atoms with Gasteiger partial charge in [0.2, 0.25) is 0 Å². The van der Waals surface area contributed by atoms with Crippen LogP contribution in [0.25, 0.3) is 0 Å². The number of carbonyl (C=O) groups is 1. The fraction of sp³-hybridized carbons (Fsp3) is 0.238. The maximum atomic E-state index is 12.9. The van der Waals surface area contributed by atoms with Crippen LogP contribution in [0.1, 0.15) is 33.0 Å². The van der Waals surface area contributed by atoms with E-state index >= 15 is 0 Å². The van der Waals surface area contributed by atoms with Crippen molar-refractivity contribution >= 4 is 22.9 Å². The Balaban J connectivity index is 1.46. The lowest BCUT2D eigenvalue weighted by Crippen LogP contribution is -2.35. The topological polar surface area (TPSA) is 42.4 Å². The summed E-state index contributed by atoms with van der Waals surface area (Å²) in [6.45, 7) is 3.15. The average Bonchev–Trinajstić information content (AvgIpc) is 3.15. The summed E-state index contributed by atoms with van der Waals surface area (Å²) >= 11 is 1.46. The Hall–Kier alpha value is -2.66. The van der Waals surface area contributed by atoms with Crippen LogP contribution in [0.5, 0.6) is 5.75 Å². The first kappa shape index (κ1) is 16.8. The Morgan fingerprint density at radius 3 is 2.85 bits per heavy atom. The Morgan fingerprint density at radius 2 is 2.00 bits per heavy atom. The number of nitrogens with zero attached hydrogens (tertiary/aromatic N) is 2. The highest BCUT2D eigenvalue weighted by Gasteiger charge is 2.25. The molecule has 1 aliphatic heterocycles. The molecule has 0 unspecified atom stereocenters. The van der Waals surface area contributed by atoms with E-state index in [0.29, 0.717) is 12.3 Å². The predicted octanol–water partition coefficient (Wildman–Crippen LogP) is 4.62. The van der Waals surface area contributed by atoms with E-state index in [4.69, 9.17) is 4.74 Å². The maximum absolute atomic E-state index is 12.9. The molecule has 2 aromatic carbocycles. The minimum Gasteiger partial charge on any atom is -0.486 e. The highest BCUT2D eigenvalue weighted by atomic mass is 32.1. The molecule has 3 aromatic rings. The third-order valence-electron chi connectivity index (χ3n) is 4.51. The number of para-hydroxylation sites is 1. The van der Waals surface area contributed by atoms with Gasteiger partial charge in [0.05, 0.1) is 0 Å². The van der Waals surface area contributed by atoms with Gasteiger partial charge in [0.15, 0.2) is 0 Å². The molecule has 0 bridgehead atoms. The van der Waals surface area contributed by atoms with Crippen LogP contribution in [0.2, 0.25) is 0 Å². The van der Waals surface area contributed by atoms with Crippen LogP contribution >= 0.6 is 11.3 Å². The number of aryl methyl sites for hydroxylation is 2. The predicted molar refractivity (Wildman–Crippen MR) is 104 cm³/mol. The molecule has 1 aliphatic rings. The number of hydrogen-bond acceptors (Lipinski definition) is 4. The van der Waals surface area contributed by atoms with Gasteiger partial charge in [-0.05, 0) is 43.5 Å². The van der Waals surface area contributed by atoms with Crippen LogP contribution < -0.4 is 9.64 Å². The van der Waals surface area contributed by atoms with E-state index in [9.17, 15) is 4.79 Å². The highest BCUT2D eigenvalue weighted by molar-refractivity contribution is 7.09. The van der Waals surface area contributed by atoms with E-state index in [1.807, 2.05) is 59.7 Å². The molecule has 1 amide bonds. The number of hydrogen-bond donors (Lipinski definition) is 0. The van der Waals surface area contributed by atoms with E-state index < -0.39 is 0 Å². The summed E-state index contributed by atoms with van der Waals surface area (Å²) in [6.07, 6.45) is 2.00. The van der Waals surface area contributed by atoms with E-state index in [2.05, 4.69) is 11.1 Å². The molecule has 132 valence electrons. The second kappa shape index (κ2) is 7.30. The van der Waals surface area contributed by atoms with Gasteiger partial charge in [-0.1, -0.05) is 35.9 Å². The number of anilines is 1. The van der Waals surface area contributed by atoms with Crippen LogP contribution in [-0.4, -0.2) is 17.4 Å². The monoisotopic (exact) mass is 364 g/mol. The number of thiazole rings is 1. The Kier molecular flexibility index (Phi) is 4.71. The molecule has 0 N–H and O–H groups in total. The van der Waals surface area contributed by atoms with Crippen molar-refractivity contribution in [3.05, 3.63) is 75.7 Å². The molecule has 5 heteroatoms. The Morgan fingerprint density at radius 1 is 1.19 bits per heavy atom. The van der Waals surface area contributed by atoms with E-state index in [1.165, 1.54) is 22.5 Å². The molecular formula is C21H20N2O2S. The Labute approximate surface area is 157 Å². The maximum Gasteiger partial charge on any atom is 0.277 e. The summed E-state index contributed by atoms with van der Waals surface area (Å²) < 4.78 is 5.76. The Bertz CT molecular complexity index is 918. The average molecular weight is 364 g/mol. The summed E-state index contributed by atoms with van der Waals surface area (Å²) in [7, 11) is 0. The number of benzene rings is 2. The summed E-state index contributed by atoms with van der Waals surface area (Å²) in [5, 5.41) is 2.63. The van der Waals surface area contributed by atoms with Crippen molar-refractivity contribution in [2.45, 2.75) is 26.4 Å². The lowest BCUT2D eigenvalue weighted by molar-refractivity contribution is 0.0980. The van der Waals surface area contributed by atoms with Gasteiger partial charge in [-0.25, -0.2) is 4.98 Å².